The molecule has 8 heteroatoms. The standard InChI is InChI=1S/C11H12O2.5CO.Cr/c1-12-9-3-4-10-5-7-11(13-2)8-6-10;5*1-2;/h3-8H,1-2H3;;;;;;/b4-3+;;;;;;. The van der Waals surface area contributed by atoms with E-state index in [0.717, 1.165) is 15.9 Å². The van der Waals surface area contributed by atoms with Gasteiger partial charge in [0.25, 0.3) is 0 Å². The number of rotatable bonds is 4. The molecule has 1 rings (SSSR count). The molecule has 0 amide bonds. The summed E-state index contributed by atoms with van der Waals surface area (Å²) in [5.41, 5.74) is 1.11. The Bertz CT molecular complexity index is 487. The van der Waals surface area contributed by atoms with Gasteiger partial charge in [-0.25, -0.2) is 0 Å². The van der Waals surface area contributed by atoms with Crippen LogP contribution >= 0.6 is 0 Å². The van der Waals surface area contributed by atoms with Crippen LogP contribution in [0, 0.1) is 33.3 Å². The van der Waals surface area contributed by atoms with Gasteiger partial charge >= 0.3 is 148 Å². The van der Waals surface area contributed by atoms with E-state index in [-0.39, 0.29) is 0 Å². The van der Waals surface area contributed by atoms with Gasteiger partial charge in [0.1, 0.15) is 0 Å². The molecule has 0 radical (unpaired) electrons. The first-order valence-corrected chi connectivity index (χ1v) is 5.82. The molecule has 0 fully saturated rings. The van der Waals surface area contributed by atoms with Gasteiger partial charge in [0.2, 0.25) is 0 Å². The molecule has 0 aliphatic rings. The average molecular weight is 368 g/mol. The summed E-state index contributed by atoms with van der Waals surface area (Å²) in [6, 6.07) is 7.81. The van der Waals surface area contributed by atoms with E-state index in [2.05, 4.69) is 49.1 Å². The predicted octanol–water partition coefficient (Wildman–Crippen LogP) is 1.84. The monoisotopic (exact) mass is 368 g/mol. The third-order valence-corrected chi connectivity index (χ3v) is 2.20. The van der Waals surface area contributed by atoms with Gasteiger partial charge in [-0.1, -0.05) is 0 Å². The Morgan fingerprint density at radius 3 is 1.50 bits per heavy atom. The summed E-state index contributed by atoms with van der Waals surface area (Å²) in [7, 11) is 3.28. The summed E-state index contributed by atoms with van der Waals surface area (Å²) in [6.45, 7) is 22.5. The first kappa shape index (κ1) is 33.4. The number of ether oxygens (including phenoxy) is 2. The molecule has 1 aromatic rings. The molecule has 1 aromatic carbocycles. The van der Waals surface area contributed by atoms with Crippen LogP contribution in [0.4, 0.5) is 0 Å². The van der Waals surface area contributed by atoms with Crippen LogP contribution in [-0.2, 0) is 43.8 Å². The van der Waals surface area contributed by atoms with Gasteiger partial charge in [0.05, 0.1) is 0 Å². The zero-order valence-electron chi connectivity index (χ0n) is 12.7. The fraction of sp³-hybridized carbons (Fsp3) is 0.125. The minimum atomic E-state index is 0.765. The normalized spacial score (nSPS) is 6.50. The zero-order valence-corrected chi connectivity index (χ0v) is 14.0. The summed E-state index contributed by atoms with van der Waals surface area (Å²) in [5, 5.41) is 0. The van der Waals surface area contributed by atoms with Gasteiger partial charge < -0.3 is 0 Å². The second-order valence-electron chi connectivity index (χ2n) is 2.63. The summed E-state index contributed by atoms with van der Waals surface area (Å²) < 4.78 is 48.3. The van der Waals surface area contributed by atoms with Crippen molar-refractivity contribution in [3.05, 3.63) is 69.2 Å². The fourth-order valence-electron chi connectivity index (χ4n) is 0.947. The van der Waals surface area contributed by atoms with Crippen LogP contribution in [0.15, 0.2) is 30.3 Å². The van der Waals surface area contributed by atoms with Crippen molar-refractivity contribution in [2.75, 3.05) is 14.2 Å². The Balaban J connectivity index is -0.000000103. The molecule has 0 bridgehead atoms. The van der Waals surface area contributed by atoms with E-state index in [1.54, 1.807) is 14.2 Å². The molecule has 0 N–H and O–H groups in total. The van der Waals surface area contributed by atoms with Gasteiger partial charge in [0, 0.05) is 0 Å². The number of benzene rings is 1. The van der Waals surface area contributed by atoms with Gasteiger partial charge in [-0.15, -0.1) is 0 Å². The van der Waals surface area contributed by atoms with Crippen molar-refractivity contribution in [1.29, 1.82) is 0 Å². The molecule has 0 heterocycles. The van der Waals surface area contributed by atoms with Crippen LogP contribution in [0.3, 0.4) is 0 Å². The van der Waals surface area contributed by atoms with Gasteiger partial charge in [-0.2, -0.15) is 0 Å². The summed E-state index contributed by atoms with van der Waals surface area (Å²) in [5.74, 6) is 0.862. The Kier molecular flexibility index (Phi) is 51.9. The van der Waals surface area contributed by atoms with E-state index >= 15 is 0 Å². The SMILES string of the molecule is CO[C](=[Cr])/C=C/c1ccc(OC)cc1.[C-]#[O+].[C-]#[O+].[C-]#[O+].[C-]#[O+].[C-]#[O+]. The second kappa shape index (κ2) is 37.2. The topological polar surface area (TPSA) is 118 Å². The van der Waals surface area contributed by atoms with Crippen LogP contribution in [0.5, 0.6) is 5.75 Å². The second-order valence-corrected chi connectivity index (χ2v) is 3.26. The molecule has 0 unspecified atom stereocenters. The van der Waals surface area contributed by atoms with Crippen molar-refractivity contribution < 1.29 is 48.6 Å². The van der Waals surface area contributed by atoms with Crippen molar-refractivity contribution in [2.45, 2.75) is 0 Å². The van der Waals surface area contributed by atoms with Crippen molar-refractivity contribution in [2.24, 2.45) is 0 Å². The van der Waals surface area contributed by atoms with Crippen molar-refractivity contribution in [1.82, 2.24) is 0 Å². The molecular weight excluding hydrogens is 356 g/mol. The van der Waals surface area contributed by atoms with E-state index in [0.29, 0.717) is 0 Å². The van der Waals surface area contributed by atoms with Crippen LogP contribution in [0.2, 0.25) is 0 Å². The molecule has 0 atom stereocenters. The molecule has 124 valence electrons. The third kappa shape index (κ3) is 24.8. The van der Waals surface area contributed by atoms with Crippen LogP contribution in [0.1, 0.15) is 5.56 Å². The van der Waals surface area contributed by atoms with E-state index in [1.165, 1.54) is 0 Å². The molecule has 0 aliphatic heterocycles. The maximum absolute atomic E-state index is 7.50. The molecule has 0 saturated carbocycles. The molecule has 24 heavy (non-hydrogen) atoms. The summed E-state index contributed by atoms with van der Waals surface area (Å²) >= 11 is 2.80. The van der Waals surface area contributed by atoms with Crippen LogP contribution in [-0.4, -0.2) is 18.8 Å². The molecule has 0 spiro atoms. The Morgan fingerprint density at radius 1 is 0.833 bits per heavy atom. The summed E-state index contributed by atoms with van der Waals surface area (Å²) in [4.78, 5) is 0. The third-order valence-electron chi connectivity index (χ3n) is 1.73. The number of hydrogen-bond donors (Lipinski definition) is 0. The van der Waals surface area contributed by atoms with Gasteiger partial charge in [-0.3, -0.25) is 0 Å². The Hall–Kier alpha value is -2.18. The predicted molar refractivity (Wildman–Crippen MR) is 73.7 cm³/mol. The Morgan fingerprint density at radius 2 is 1.21 bits per heavy atom. The zero-order chi connectivity index (χ0) is 20.4. The van der Waals surface area contributed by atoms with Crippen LogP contribution in [0.25, 0.3) is 6.08 Å². The Labute approximate surface area is 148 Å². The average Bonchev–Trinajstić information content (AvgIpc) is 2.74. The fourth-order valence-corrected chi connectivity index (χ4v) is 1.05. The minimum absolute atomic E-state index is 0.765. The van der Waals surface area contributed by atoms with E-state index in [9.17, 15) is 0 Å². The first-order valence-electron chi connectivity index (χ1n) is 5.18. The van der Waals surface area contributed by atoms with Crippen molar-refractivity contribution in [3.8, 4) is 5.75 Å². The number of methoxy groups -OCH3 is 2. The van der Waals surface area contributed by atoms with Crippen molar-refractivity contribution in [3.63, 3.8) is 0 Å². The molecule has 0 aliphatic carbocycles. The van der Waals surface area contributed by atoms with Crippen LogP contribution < -0.4 is 4.74 Å². The van der Waals surface area contributed by atoms with Crippen molar-refractivity contribution >= 4 is 10.6 Å². The molecule has 0 aromatic heterocycles. The maximum atomic E-state index is 7.50. The summed E-state index contributed by atoms with van der Waals surface area (Å²) in [6.07, 6.45) is 3.84. The van der Waals surface area contributed by atoms with E-state index in [4.69, 9.17) is 32.7 Å². The molecule has 0 saturated heterocycles. The number of hydrogen-bond acceptors (Lipinski definition) is 2. The van der Waals surface area contributed by atoms with Gasteiger partial charge in [-0.05, 0) is 0 Å². The molecular formula is C16H12CrO7. The molecule has 7 nitrogen and oxygen atoms in total. The quantitative estimate of drug-likeness (QED) is 0.595. The van der Waals surface area contributed by atoms with Gasteiger partial charge in [0.15, 0.2) is 0 Å². The first-order chi connectivity index (χ1) is 11.8. The van der Waals surface area contributed by atoms with E-state index in [1.807, 2.05) is 36.4 Å². The van der Waals surface area contributed by atoms with E-state index < -0.39 is 0 Å².